The summed E-state index contributed by atoms with van der Waals surface area (Å²) in [6, 6.07) is 8.00. The summed E-state index contributed by atoms with van der Waals surface area (Å²) in [5, 5.41) is 9.74. The molecule has 1 amide bonds. The van der Waals surface area contributed by atoms with Crippen LogP contribution in [0.5, 0.6) is 5.75 Å². The highest BCUT2D eigenvalue weighted by atomic mass is 16.5. The SMILES string of the molecule is COc1ccc(C2(C(=O)N3CC4(CC(O)CO4)C3)CCCCC2)cc1. The number of aliphatic hydroxyl groups is 1. The topological polar surface area (TPSA) is 59.0 Å². The van der Waals surface area contributed by atoms with Crippen LogP contribution >= 0.6 is 0 Å². The minimum Gasteiger partial charge on any atom is -0.497 e. The number of aliphatic hydroxyl groups excluding tert-OH is 1. The third-order valence-electron chi connectivity index (χ3n) is 6.19. The van der Waals surface area contributed by atoms with Gasteiger partial charge in [0.1, 0.15) is 11.4 Å². The van der Waals surface area contributed by atoms with Gasteiger partial charge in [-0.2, -0.15) is 0 Å². The van der Waals surface area contributed by atoms with Crippen LogP contribution in [-0.4, -0.2) is 54.4 Å². The monoisotopic (exact) mass is 345 g/mol. The van der Waals surface area contributed by atoms with Crippen molar-refractivity contribution < 1.29 is 19.4 Å². The molecular weight excluding hydrogens is 318 g/mol. The van der Waals surface area contributed by atoms with Crippen molar-refractivity contribution >= 4 is 5.91 Å². The van der Waals surface area contributed by atoms with E-state index in [0.29, 0.717) is 26.1 Å². The maximum absolute atomic E-state index is 13.5. The van der Waals surface area contributed by atoms with Gasteiger partial charge in [-0.15, -0.1) is 0 Å². The standard InChI is InChI=1S/C20H27NO4/c1-24-17-7-5-15(6-8-17)20(9-3-2-4-10-20)18(23)21-13-19(14-21)11-16(22)12-25-19/h5-8,16,22H,2-4,9-14H2,1H3. The van der Waals surface area contributed by atoms with Gasteiger partial charge < -0.3 is 19.5 Å². The van der Waals surface area contributed by atoms with Gasteiger partial charge in [-0.3, -0.25) is 4.79 Å². The van der Waals surface area contributed by atoms with Crippen molar-refractivity contribution in [3.63, 3.8) is 0 Å². The van der Waals surface area contributed by atoms with Gasteiger partial charge in [0.2, 0.25) is 5.91 Å². The second-order valence-electron chi connectivity index (χ2n) is 7.88. The molecule has 3 aliphatic rings. The Hall–Kier alpha value is -1.59. The average Bonchev–Trinajstić information content (AvgIpc) is 3.03. The number of ether oxygens (including phenoxy) is 2. The highest BCUT2D eigenvalue weighted by Crippen LogP contribution is 2.44. The van der Waals surface area contributed by atoms with Crippen LogP contribution < -0.4 is 4.74 Å². The summed E-state index contributed by atoms with van der Waals surface area (Å²) in [5.41, 5.74) is 0.389. The van der Waals surface area contributed by atoms with E-state index in [1.165, 1.54) is 6.42 Å². The molecule has 2 saturated heterocycles. The Bertz CT molecular complexity index is 630. The molecule has 1 aliphatic carbocycles. The van der Waals surface area contributed by atoms with Crippen LogP contribution in [0.2, 0.25) is 0 Å². The van der Waals surface area contributed by atoms with Crippen molar-refractivity contribution in [2.24, 2.45) is 0 Å². The van der Waals surface area contributed by atoms with E-state index in [1.54, 1.807) is 7.11 Å². The molecule has 2 aliphatic heterocycles. The summed E-state index contributed by atoms with van der Waals surface area (Å²) in [5.74, 6) is 1.05. The van der Waals surface area contributed by atoms with Crippen LogP contribution in [0.3, 0.4) is 0 Å². The van der Waals surface area contributed by atoms with Crippen molar-refractivity contribution in [2.45, 2.75) is 55.6 Å². The van der Waals surface area contributed by atoms with Gasteiger partial charge in [0.15, 0.2) is 0 Å². The molecule has 2 heterocycles. The number of likely N-dealkylation sites (tertiary alicyclic amines) is 1. The van der Waals surface area contributed by atoms with E-state index < -0.39 is 5.41 Å². The van der Waals surface area contributed by atoms with Crippen LogP contribution in [0.1, 0.15) is 44.1 Å². The summed E-state index contributed by atoms with van der Waals surface area (Å²) in [7, 11) is 1.66. The summed E-state index contributed by atoms with van der Waals surface area (Å²) < 4.78 is 11.0. The molecule has 3 fully saturated rings. The molecule has 5 nitrogen and oxygen atoms in total. The van der Waals surface area contributed by atoms with Crippen molar-refractivity contribution in [3.05, 3.63) is 29.8 Å². The van der Waals surface area contributed by atoms with Crippen LogP contribution in [0.4, 0.5) is 0 Å². The van der Waals surface area contributed by atoms with Gasteiger partial charge in [-0.05, 0) is 30.5 Å². The fourth-order valence-electron chi connectivity index (χ4n) is 4.83. The Morgan fingerprint density at radius 1 is 1.20 bits per heavy atom. The highest BCUT2D eigenvalue weighted by molar-refractivity contribution is 5.89. The summed E-state index contributed by atoms with van der Waals surface area (Å²) >= 11 is 0. The van der Waals surface area contributed by atoms with E-state index in [1.807, 2.05) is 29.2 Å². The fourth-order valence-corrected chi connectivity index (χ4v) is 4.83. The minimum absolute atomic E-state index is 0.230. The molecule has 0 bridgehead atoms. The van der Waals surface area contributed by atoms with Crippen LogP contribution in [0.15, 0.2) is 24.3 Å². The fraction of sp³-hybridized carbons (Fsp3) is 0.650. The number of benzene rings is 1. The first kappa shape index (κ1) is 16.9. The van der Waals surface area contributed by atoms with Crippen molar-refractivity contribution in [1.82, 2.24) is 4.90 Å². The maximum Gasteiger partial charge on any atom is 0.233 e. The van der Waals surface area contributed by atoms with Crippen LogP contribution in [-0.2, 0) is 14.9 Å². The molecule has 0 radical (unpaired) electrons. The van der Waals surface area contributed by atoms with E-state index in [-0.39, 0.29) is 17.6 Å². The zero-order chi connectivity index (χ0) is 17.5. The summed E-state index contributed by atoms with van der Waals surface area (Å²) in [6.07, 6.45) is 5.45. The van der Waals surface area contributed by atoms with Gasteiger partial charge in [-0.25, -0.2) is 0 Å². The lowest BCUT2D eigenvalue weighted by molar-refractivity contribution is -0.165. The van der Waals surface area contributed by atoms with Gasteiger partial charge in [0, 0.05) is 6.42 Å². The Morgan fingerprint density at radius 3 is 2.44 bits per heavy atom. The molecule has 136 valence electrons. The second-order valence-corrected chi connectivity index (χ2v) is 7.88. The van der Waals surface area contributed by atoms with Gasteiger partial charge in [0.25, 0.3) is 0 Å². The molecule has 5 heteroatoms. The van der Waals surface area contributed by atoms with E-state index in [4.69, 9.17) is 9.47 Å². The molecule has 25 heavy (non-hydrogen) atoms. The minimum atomic E-state index is -0.413. The number of hydrogen-bond acceptors (Lipinski definition) is 4. The number of methoxy groups -OCH3 is 1. The lowest BCUT2D eigenvalue weighted by Crippen LogP contribution is -2.66. The molecular formula is C20H27NO4. The zero-order valence-corrected chi connectivity index (χ0v) is 14.9. The third kappa shape index (κ3) is 2.83. The number of amides is 1. The first-order valence-electron chi connectivity index (χ1n) is 9.33. The number of nitrogens with zero attached hydrogens (tertiary/aromatic N) is 1. The largest absolute Gasteiger partial charge is 0.497 e. The summed E-state index contributed by atoms with van der Waals surface area (Å²) in [4.78, 5) is 15.4. The Balaban J connectivity index is 1.55. The zero-order valence-electron chi connectivity index (χ0n) is 14.9. The molecule has 1 aromatic carbocycles. The van der Waals surface area contributed by atoms with E-state index in [0.717, 1.165) is 37.0 Å². The summed E-state index contributed by atoms with van der Waals surface area (Å²) in [6.45, 7) is 1.62. The quantitative estimate of drug-likeness (QED) is 0.913. The molecule has 1 saturated carbocycles. The Kier molecular flexibility index (Phi) is 4.24. The molecule has 1 unspecified atom stereocenters. The lowest BCUT2D eigenvalue weighted by atomic mass is 9.67. The van der Waals surface area contributed by atoms with E-state index in [9.17, 15) is 9.90 Å². The first-order chi connectivity index (χ1) is 12.1. The molecule has 1 aromatic rings. The normalized spacial score (nSPS) is 27.1. The Labute approximate surface area is 148 Å². The lowest BCUT2D eigenvalue weighted by Gasteiger charge is -2.51. The molecule has 0 aromatic heterocycles. The second kappa shape index (κ2) is 6.29. The Morgan fingerprint density at radius 2 is 1.88 bits per heavy atom. The number of rotatable bonds is 3. The molecule has 1 N–H and O–H groups in total. The molecule has 4 rings (SSSR count). The maximum atomic E-state index is 13.5. The number of hydrogen-bond donors (Lipinski definition) is 1. The molecule has 1 spiro atoms. The smallest absolute Gasteiger partial charge is 0.233 e. The number of carbonyl (C=O) groups is 1. The van der Waals surface area contributed by atoms with Crippen LogP contribution in [0, 0.1) is 0 Å². The van der Waals surface area contributed by atoms with Gasteiger partial charge in [-0.1, -0.05) is 31.4 Å². The van der Waals surface area contributed by atoms with Crippen molar-refractivity contribution in [2.75, 3.05) is 26.8 Å². The predicted molar refractivity (Wildman–Crippen MR) is 93.6 cm³/mol. The van der Waals surface area contributed by atoms with Crippen molar-refractivity contribution in [1.29, 1.82) is 0 Å². The van der Waals surface area contributed by atoms with Gasteiger partial charge in [0.05, 0.1) is 38.3 Å². The number of carbonyl (C=O) groups excluding carboxylic acids is 1. The van der Waals surface area contributed by atoms with Crippen molar-refractivity contribution in [3.8, 4) is 5.75 Å². The average molecular weight is 345 g/mol. The van der Waals surface area contributed by atoms with Crippen LogP contribution in [0.25, 0.3) is 0 Å². The first-order valence-corrected chi connectivity index (χ1v) is 9.33. The van der Waals surface area contributed by atoms with E-state index >= 15 is 0 Å². The molecule has 1 atom stereocenters. The van der Waals surface area contributed by atoms with E-state index in [2.05, 4.69) is 0 Å². The van der Waals surface area contributed by atoms with Gasteiger partial charge >= 0.3 is 0 Å². The predicted octanol–water partition coefficient (Wildman–Crippen LogP) is 2.26. The third-order valence-corrected chi connectivity index (χ3v) is 6.19. The highest BCUT2D eigenvalue weighted by Gasteiger charge is 2.54.